The minimum atomic E-state index is 0.728. The third kappa shape index (κ3) is 3.18. The van der Waals surface area contributed by atoms with Gasteiger partial charge in [0, 0.05) is 18.6 Å². The fraction of sp³-hybridized carbons (Fsp3) is 1.00. The summed E-state index contributed by atoms with van der Waals surface area (Å²) in [5.74, 6) is 1.57. The van der Waals surface area contributed by atoms with Crippen molar-refractivity contribution in [1.82, 2.24) is 10.2 Å². The summed E-state index contributed by atoms with van der Waals surface area (Å²) in [7, 11) is 2.09. The maximum Gasteiger partial charge on any atom is 0.0116 e. The van der Waals surface area contributed by atoms with Gasteiger partial charge in [-0.3, -0.25) is 4.90 Å². The molecule has 1 N–H and O–H groups in total. The summed E-state index contributed by atoms with van der Waals surface area (Å²) in [6.45, 7) is 11.9. The summed E-state index contributed by atoms with van der Waals surface area (Å²) >= 11 is 0. The molecule has 0 spiro atoms. The van der Waals surface area contributed by atoms with E-state index in [9.17, 15) is 0 Å². The highest BCUT2D eigenvalue weighted by Gasteiger charge is 2.29. The van der Waals surface area contributed by atoms with Crippen LogP contribution >= 0.6 is 0 Å². The summed E-state index contributed by atoms with van der Waals surface area (Å²) in [5.41, 5.74) is 0. The molecule has 0 aromatic carbocycles. The van der Waals surface area contributed by atoms with E-state index in [-0.39, 0.29) is 0 Å². The molecule has 1 heterocycles. The Balaban J connectivity index is 2.52. The molecule has 3 atom stereocenters. The lowest BCUT2D eigenvalue weighted by Gasteiger charge is -2.42. The Kier molecular flexibility index (Phi) is 5.07. The lowest BCUT2D eigenvalue weighted by molar-refractivity contribution is 0.0805. The molecule has 2 heteroatoms. The Morgan fingerprint density at radius 1 is 1.40 bits per heavy atom. The average Bonchev–Trinajstić information content (AvgIpc) is 2.18. The fourth-order valence-electron chi connectivity index (χ4n) is 3.06. The van der Waals surface area contributed by atoms with E-state index in [2.05, 4.69) is 45.0 Å². The van der Waals surface area contributed by atoms with Gasteiger partial charge in [0.15, 0.2) is 0 Å². The summed E-state index contributed by atoms with van der Waals surface area (Å²) < 4.78 is 0. The van der Waals surface area contributed by atoms with Crippen LogP contribution in [0.15, 0.2) is 0 Å². The Hall–Kier alpha value is -0.0800. The molecule has 0 bridgehead atoms. The molecule has 0 aromatic rings. The highest BCUT2D eigenvalue weighted by Crippen LogP contribution is 2.23. The molecule has 15 heavy (non-hydrogen) atoms. The minimum Gasteiger partial charge on any atom is -0.317 e. The van der Waals surface area contributed by atoms with Crippen LogP contribution in [0.4, 0.5) is 0 Å². The molecule has 1 saturated heterocycles. The predicted molar refractivity (Wildman–Crippen MR) is 67.1 cm³/mol. The van der Waals surface area contributed by atoms with Crippen LogP contribution in [0.25, 0.3) is 0 Å². The van der Waals surface area contributed by atoms with E-state index in [1.807, 2.05) is 0 Å². The first-order valence-electron chi connectivity index (χ1n) is 6.51. The van der Waals surface area contributed by atoms with Crippen LogP contribution in [0.5, 0.6) is 0 Å². The molecule has 1 rings (SSSR count). The molecule has 1 fully saturated rings. The first-order chi connectivity index (χ1) is 7.10. The summed E-state index contributed by atoms with van der Waals surface area (Å²) in [6.07, 6.45) is 2.59. The molecule has 3 unspecified atom stereocenters. The van der Waals surface area contributed by atoms with Gasteiger partial charge >= 0.3 is 0 Å². The van der Waals surface area contributed by atoms with Crippen molar-refractivity contribution in [2.75, 3.05) is 20.1 Å². The largest absolute Gasteiger partial charge is 0.317 e. The lowest BCUT2D eigenvalue weighted by atomic mass is 9.90. The van der Waals surface area contributed by atoms with Gasteiger partial charge in [-0.05, 0) is 38.3 Å². The van der Waals surface area contributed by atoms with Gasteiger partial charge in [0.05, 0.1) is 0 Å². The molecule has 0 saturated carbocycles. The van der Waals surface area contributed by atoms with Crippen molar-refractivity contribution in [3.8, 4) is 0 Å². The smallest absolute Gasteiger partial charge is 0.0116 e. The first-order valence-corrected chi connectivity index (χ1v) is 6.51. The third-order valence-electron chi connectivity index (χ3n) is 3.96. The molecule has 1 aliphatic heterocycles. The summed E-state index contributed by atoms with van der Waals surface area (Å²) in [5, 5.41) is 3.43. The second-order valence-electron chi connectivity index (χ2n) is 5.38. The van der Waals surface area contributed by atoms with E-state index in [0.29, 0.717) is 0 Å². The Morgan fingerprint density at radius 3 is 2.47 bits per heavy atom. The highest BCUT2D eigenvalue weighted by atomic mass is 15.2. The lowest BCUT2D eigenvalue weighted by Crippen LogP contribution is -2.51. The van der Waals surface area contributed by atoms with Gasteiger partial charge in [-0.25, -0.2) is 0 Å². The van der Waals surface area contributed by atoms with Crippen molar-refractivity contribution in [1.29, 1.82) is 0 Å². The van der Waals surface area contributed by atoms with E-state index in [0.717, 1.165) is 23.9 Å². The zero-order valence-electron chi connectivity index (χ0n) is 11.1. The molecular weight excluding hydrogens is 184 g/mol. The third-order valence-corrected chi connectivity index (χ3v) is 3.96. The van der Waals surface area contributed by atoms with Crippen molar-refractivity contribution >= 4 is 0 Å². The van der Waals surface area contributed by atoms with Gasteiger partial charge in [-0.1, -0.05) is 27.7 Å². The van der Waals surface area contributed by atoms with Crippen molar-refractivity contribution in [3.05, 3.63) is 0 Å². The van der Waals surface area contributed by atoms with Crippen LogP contribution in [0.3, 0.4) is 0 Å². The Labute approximate surface area is 95.4 Å². The fourth-order valence-corrected chi connectivity index (χ4v) is 3.06. The van der Waals surface area contributed by atoms with Gasteiger partial charge < -0.3 is 5.32 Å². The Morgan fingerprint density at radius 2 is 2.07 bits per heavy atom. The molecule has 2 nitrogen and oxygen atoms in total. The number of nitrogens with one attached hydrogen (secondary N) is 1. The maximum absolute atomic E-state index is 3.43. The predicted octanol–water partition coefficient (Wildman–Crippen LogP) is 2.35. The number of likely N-dealkylation sites (tertiary alicyclic amines) is 1. The number of piperidine rings is 1. The quantitative estimate of drug-likeness (QED) is 0.769. The molecule has 0 radical (unpaired) electrons. The normalized spacial score (nSPS) is 30.8. The van der Waals surface area contributed by atoms with Crippen LogP contribution in [-0.2, 0) is 0 Å². The van der Waals surface area contributed by atoms with Crippen LogP contribution in [0, 0.1) is 11.8 Å². The zero-order chi connectivity index (χ0) is 11.4. The molecule has 90 valence electrons. The van der Waals surface area contributed by atoms with Crippen LogP contribution in [-0.4, -0.2) is 37.1 Å². The van der Waals surface area contributed by atoms with Crippen LogP contribution in [0.1, 0.15) is 40.5 Å². The van der Waals surface area contributed by atoms with E-state index < -0.39 is 0 Å². The monoisotopic (exact) mass is 212 g/mol. The van der Waals surface area contributed by atoms with Crippen molar-refractivity contribution in [2.45, 2.75) is 52.6 Å². The van der Waals surface area contributed by atoms with Crippen molar-refractivity contribution in [3.63, 3.8) is 0 Å². The number of hydrogen-bond donors (Lipinski definition) is 1. The number of hydrogen-bond acceptors (Lipinski definition) is 2. The van der Waals surface area contributed by atoms with Gasteiger partial charge in [-0.15, -0.1) is 0 Å². The maximum atomic E-state index is 3.43. The van der Waals surface area contributed by atoms with E-state index >= 15 is 0 Å². The molecule has 0 aromatic heterocycles. The summed E-state index contributed by atoms with van der Waals surface area (Å²) in [6, 6.07) is 1.51. The standard InChI is InChI=1S/C13H28N2/c1-6-13(10(2)3)15-8-7-12(14-5)11(4)9-15/h10-14H,6-9H2,1-5H3. The SMILES string of the molecule is CCC(C(C)C)N1CCC(NC)C(C)C1. The van der Waals surface area contributed by atoms with Gasteiger partial charge in [0.1, 0.15) is 0 Å². The zero-order valence-corrected chi connectivity index (χ0v) is 11.1. The molecule has 0 aliphatic carbocycles. The van der Waals surface area contributed by atoms with Crippen LogP contribution < -0.4 is 5.32 Å². The molecular formula is C13H28N2. The topological polar surface area (TPSA) is 15.3 Å². The summed E-state index contributed by atoms with van der Waals surface area (Å²) in [4.78, 5) is 2.70. The minimum absolute atomic E-state index is 0.728. The second-order valence-corrected chi connectivity index (χ2v) is 5.38. The van der Waals surface area contributed by atoms with Gasteiger partial charge in [0.2, 0.25) is 0 Å². The van der Waals surface area contributed by atoms with Crippen molar-refractivity contribution < 1.29 is 0 Å². The first kappa shape index (κ1) is 13.0. The van der Waals surface area contributed by atoms with E-state index in [1.165, 1.54) is 25.9 Å². The van der Waals surface area contributed by atoms with Crippen LogP contribution in [0.2, 0.25) is 0 Å². The van der Waals surface area contributed by atoms with Gasteiger partial charge in [0.25, 0.3) is 0 Å². The number of nitrogens with zero attached hydrogens (tertiary/aromatic N) is 1. The van der Waals surface area contributed by atoms with E-state index in [1.54, 1.807) is 0 Å². The second kappa shape index (κ2) is 5.86. The molecule has 0 amide bonds. The van der Waals surface area contributed by atoms with E-state index in [4.69, 9.17) is 0 Å². The van der Waals surface area contributed by atoms with Crippen molar-refractivity contribution in [2.24, 2.45) is 11.8 Å². The highest BCUT2D eigenvalue weighted by molar-refractivity contribution is 4.85. The Bertz CT molecular complexity index is 179. The number of rotatable bonds is 4. The average molecular weight is 212 g/mol. The molecule has 1 aliphatic rings. The van der Waals surface area contributed by atoms with Gasteiger partial charge in [-0.2, -0.15) is 0 Å².